The summed E-state index contributed by atoms with van der Waals surface area (Å²) < 4.78 is 2.21. The minimum atomic E-state index is 0.717. The van der Waals surface area contributed by atoms with Gasteiger partial charge in [0.05, 0.1) is 5.69 Å². The third-order valence-corrected chi connectivity index (χ3v) is 4.61. The summed E-state index contributed by atoms with van der Waals surface area (Å²) in [6, 6.07) is 3.05. The average molecular weight is 277 g/mol. The molecule has 1 fully saturated rings. The van der Waals surface area contributed by atoms with Crippen LogP contribution < -0.4 is 5.32 Å². The molecule has 114 valence electrons. The summed E-state index contributed by atoms with van der Waals surface area (Å²) >= 11 is 0. The van der Waals surface area contributed by atoms with Crippen LogP contribution in [0.2, 0.25) is 0 Å². The van der Waals surface area contributed by atoms with Gasteiger partial charge in [0, 0.05) is 18.3 Å². The quantitative estimate of drug-likeness (QED) is 0.826. The Bertz CT molecular complexity index is 397. The number of hydrogen-bond donors (Lipinski definition) is 1. The molecule has 3 heteroatoms. The second-order valence-electron chi connectivity index (χ2n) is 6.11. The third-order valence-electron chi connectivity index (χ3n) is 4.61. The highest BCUT2D eigenvalue weighted by Crippen LogP contribution is 2.28. The lowest BCUT2D eigenvalue weighted by atomic mass is 9.81. The molecule has 0 amide bonds. The molecule has 1 saturated carbocycles. The Labute approximate surface area is 124 Å². The second kappa shape index (κ2) is 7.82. The molecular formula is C17H31N3. The van der Waals surface area contributed by atoms with Crippen molar-refractivity contribution in [3.05, 3.63) is 17.5 Å². The van der Waals surface area contributed by atoms with E-state index in [2.05, 4.69) is 36.8 Å². The third kappa shape index (κ3) is 3.85. The van der Waals surface area contributed by atoms with Gasteiger partial charge in [0.25, 0.3) is 0 Å². The number of aryl methyl sites for hydroxylation is 2. The monoisotopic (exact) mass is 277 g/mol. The largest absolute Gasteiger partial charge is 0.314 e. The first kappa shape index (κ1) is 15.6. The maximum atomic E-state index is 4.70. The molecule has 1 N–H and O–H groups in total. The molecule has 20 heavy (non-hydrogen) atoms. The van der Waals surface area contributed by atoms with E-state index < -0.39 is 0 Å². The first-order valence-corrected chi connectivity index (χ1v) is 8.57. The van der Waals surface area contributed by atoms with Crippen molar-refractivity contribution in [1.82, 2.24) is 15.1 Å². The van der Waals surface area contributed by atoms with Crippen molar-refractivity contribution < 1.29 is 0 Å². The summed E-state index contributed by atoms with van der Waals surface area (Å²) in [4.78, 5) is 0. The van der Waals surface area contributed by atoms with E-state index in [0.717, 1.165) is 25.4 Å². The van der Waals surface area contributed by atoms with Crippen LogP contribution in [-0.4, -0.2) is 22.4 Å². The SMILES string of the molecule is CCCNC1CCCCC1Cc1cc(CC)nn1CC. The maximum absolute atomic E-state index is 4.70. The molecule has 0 aromatic carbocycles. The normalized spacial score (nSPS) is 23.1. The molecule has 2 rings (SSSR count). The molecular weight excluding hydrogens is 246 g/mol. The van der Waals surface area contributed by atoms with Gasteiger partial charge >= 0.3 is 0 Å². The van der Waals surface area contributed by atoms with Crippen LogP contribution >= 0.6 is 0 Å². The standard InChI is InChI=1S/C17H31N3/c1-4-11-18-17-10-8-7-9-14(17)12-16-13-15(5-2)19-20(16)6-3/h13-14,17-18H,4-12H2,1-3H3. The molecule has 2 atom stereocenters. The molecule has 0 bridgehead atoms. The summed E-state index contributed by atoms with van der Waals surface area (Å²) in [7, 11) is 0. The Kier molecular flexibility index (Phi) is 6.08. The van der Waals surface area contributed by atoms with Crippen LogP contribution in [0.5, 0.6) is 0 Å². The van der Waals surface area contributed by atoms with Crippen LogP contribution in [0.4, 0.5) is 0 Å². The van der Waals surface area contributed by atoms with E-state index in [1.807, 2.05) is 0 Å². The van der Waals surface area contributed by atoms with Gasteiger partial charge in [-0.2, -0.15) is 5.10 Å². The van der Waals surface area contributed by atoms with Crippen molar-refractivity contribution in [2.75, 3.05) is 6.54 Å². The van der Waals surface area contributed by atoms with Gasteiger partial charge in [0.15, 0.2) is 0 Å². The lowest BCUT2D eigenvalue weighted by Gasteiger charge is -2.32. The first-order valence-electron chi connectivity index (χ1n) is 8.57. The number of nitrogens with one attached hydrogen (secondary N) is 1. The average Bonchev–Trinajstić information content (AvgIpc) is 2.88. The summed E-state index contributed by atoms with van der Waals surface area (Å²) in [6.45, 7) is 8.80. The summed E-state index contributed by atoms with van der Waals surface area (Å²) in [5, 5.41) is 8.47. The summed E-state index contributed by atoms with van der Waals surface area (Å²) in [5.74, 6) is 0.794. The van der Waals surface area contributed by atoms with Crippen molar-refractivity contribution in [3.8, 4) is 0 Å². The van der Waals surface area contributed by atoms with Crippen molar-refractivity contribution in [2.45, 2.75) is 78.3 Å². The molecule has 1 aromatic heterocycles. The fourth-order valence-corrected chi connectivity index (χ4v) is 3.44. The fourth-order valence-electron chi connectivity index (χ4n) is 3.44. The van der Waals surface area contributed by atoms with E-state index in [-0.39, 0.29) is 0 Å². The van der Waals surface area contributed by atoms with E-state index in [1.165, 1.54) is 49.9 Å². The van der Waals surface area contributed by atoms with Crippen LogP contribution in [0.15, 0.2) is 6.07 Å². The Morgan fingerprint density at radius 3 is 2.75 bits per heavy atom. The highest BCUT2D eigenvalue weighted by Gasteiger charge is 2.25. The highest BCUT2D eigenvalue weighted by atomic mass is 15.3. The van der Waals surface area contributed by atoms with Crippen molar-refractivity contribution in [1.29, 1.82) is 0 Å². The highest BCUT2D eigenvalue weighted by molar-refractivity contribution is 5.12. The summed E-state index contributed by atoms with van der Waals surface area (Å²) in [6.07, 6.45) is 8.99. The van der Waals surface area contributed by atoms with Crippen LogP contribution in [0, 0.1) is 5.92 Å². The summed E-state index contributed by atoms with van der Waals surface area (Å²) in [5.41, 5.74) is 2.69. The van der Waals surface area contributed by atoms with E-state index in [4.69, 9.17) is 5.10 Å². The lowest BCUT2D eigenvalue weighted by molar-refractivity contribution is 0.257. The molecule has 1 heterocycles. The zero-order valence-electron chi connectivity index (χ0n) is 13.5. The molecule has 0 saturated heterocycles. The minimum absolute atomic E-state index is 0.717. The van der Waals surface area contributed by atoms with Crippen LogP contribution in [0.1, 0.15) is 64.3 Å². The van der Waals surface area contributed by atoms with Crippen molar-refractivity contribution in [2.24, 2.45) is 5.92 Å². The molecule has 1 aliphatic carbocycles. The van der Waals surface area contributed by atoms with Gasteiger partial charge in [-0.25, -0.2) is 0 Å². The topological polar surface area (TPSA) is 29.9 Å². The first-order chi connectivity index (χ1) is 9.78. The molecule has 0 radical (unpaired) electrons. The molecule has 0 spiro atoms. The second-order valence-corrected chi connectivity index (χ2v) is 6.11. The van der Waals surface area contributed by atoms with Gasteiger partial charge in [0.2, 0.25) is 0 Å². The number of aromatic nitrogens is 2. The van der Waals surface area contributed by atoms with E-state index >= 15 is 0 Å². The zero-order chi connectivity index (χ0) is 14.4. The Morgan fingerprint density at radius 2 is 2.05 bits per heavy atom. The molecule has 1 aliphatic rings. The van der Waals surface area contributed by atoms with E-state index in [1.54, 1.807) is 0 Å². The fraction of sp³-hybridized carbons (Fsp3) is 0.824. The van der Waals surface area contributed by atoms with Gasteiger partial charge < -0.3 is 5.32 Å². The molecule has 0 aliphatic heterocycles. The van der Waals surface area contributed by atoms with Gasteiger partial charge in [-0.1, -0.05) is 26.7 Å². The van der Waals surface area contributed by atoms with Crippen LogP contribution in [-0.2, 0) is 19.4 Å². The Hall–Kier alpha value is -0.830. The molecule has 1 aromatic rings. The van der Waals surface area contributed by atoms with Gasteiger partial charge in [-0.15, -0.1) is 0 Å². The smallest absolute Gasteiger partial charge is 0.0624 e. The molecule has 3 nitrogen and oxygen atoms in total. The van der Waals surface area contributed by atoms with Crippen molar-refractivity contribution in [3.63, 3.8) is 0 Å². The Morgan fingerprint density at radius 1 is 1.25 bits per heavy atom. The maximum Gasteiger partial charge on any atom is 0.0624 e. The zero-order valence-corrected chi connectivity index (χ0v) is 13.5. The lowest BCUT2D eigenvalue weighted by Crippen LogP contribution is -2.40. The number of nitrogens with zero attached hydrogens (tertiary/aromatic N) is 2. The van der Waals surface area contributed by atoms with Crippen LogP contribution in [0.25, 0.3) is 0 Å². The predicted molar refractivity (Wildman–Crippen MR) is 85.0 cm³/mol. The number of rotatable bonds is 7. The minimum Gasteiger partial charge on any atom is -0.314 e. The van der Waals surface area contributed by atoms with Crippen LogP contribution in [0.3, 0.4) is 0 Å². The van der Waals surface area contributed by atoms with Crippen molar-refractivity contribution >= 4 is 0 Å². The molecule has 2 unspecified atom stereocenters. The van der Waals surface area contributed by atoms with Gasteiger partial charge in [-0.05, 0) is 57.6 Å². The van der Waals surface area contributed by atoms with E-state index in [0.29, 0.717) is 6.04 Å². The Balaban J connectivity index is 2.03. The van der Waals surface area contributed by atoms with Gasteiger partial charge in [0.1, 0.15) is 0 Å². The predicted octanol–water partition coefficient (Wildman–Crippen LogP) is 3.57. The van der Waals surface area contributed by atoms with E-state index in [9.17, 15) is 0 Å². The number of hydrogen-bond acceptors (Lipinski definition) is 2. The van der Waals surface area contributed by atoms with Gasteiger partial charge in [-0.3, -0.25) is 4.68 Å².